The second kappa shape index (κ2) is 8.98. The summed E-state index contributed by atoms with van der Waals surface area (Å²) in [5.74, 6) is -0.307. The maximum absolute atomic E-state index is 13.0. The van der Waals surface area contributed by atoms with Crippen molar-refractivity contribution in [1.82, 2.24) is 10.2 Å². The van der Waals surface area contributed by atoms with Gasteiger partial charge in [-0.15, -0.1) is 0 Å². The van der Waals surface area contributed by atoms with Crippen LogP contribution in [0, 0.1) is 0 Å². The van der Waals surface area contributed by atoms with Gasteiger partial charge in [-0.05, 0) is 43.0 Å². The zero-order valence-corrected chi connectivity index (χ0v) is 17.5. The number of hydrogen-bond acceptors (Lipinski definition) is 5. The maximum atomic E-state index is 13.0. The van der Waals surface area contributed by atoms with E-state index in [1.807, 2.05) is 41.3 Å². The van der Waals surface area contributed by atoms with Gasteiger partial charge in [0.25, 0.3) is 0 Å². The molecule has 6 nitrogen and oxygen atoms in total. The van der Waals surface area contributed by atoms with Crippen LogP contribution >= 0.6 is 0 Å². The Balaban J connectivity index is 1.44. The van der Waals surface area contributed by atoms with Crippen molar-refractivity contribution in [1.29, 1.82) is 0 Å². The molecule has 1 atom stereocenters. The van der Waals surface area contributed by atoms with Crippen LogP contribution in [0.25, 0.3) is 0 Å². The van der Waals surface area contributed by atoms with Crippen LogP contribution in [0.5, 0.6) is 0 Å². The van der Waals surface area contributed by atoms with Crippen LogP contribution in [0.3, 0.4) is 0 Å². The van der Waals surface area contributed by atoms with Gasteiger partial charge in [0, 0.05) is 25.3 Å². The number of carbonyl (C=O) groups excluding carboxylic acids is 2. The summed E-state index contributed by atoms with van der Waals surface area (Å²) in [6.45, 7) is 3.02. The minimum Gasteiger partial charge on any atom is -0.468 e. The number of benzene rings is 2. The molecule has 0 saturated carbocycles. The Kier molecular flexibility index (Phi) is 6.16. The molecule has 0 bridgehead atoms. The number of likely N-dealkylation sites (tertiary alicyclic amines) is 1. The first-order valence-electron chi connectivity index (χ1n) is 10.6. The zero-order valence-electron chi connectivity index (χ0n) is 17.5. The number of hydrogen-bond donors (Lipinski definition) is 1. The van der Waals surface area contributed by atoms with Gasteiger partial charge in [0.15, 0.2) is 0 Å². The van der Waals surface area contributed by atoms with Gasteiger partial charge in [-0.3, -0.25) is 19.8 Å². The predicted octanol–water partition coefficient (Wildman–Crippen LogP) is 2.37. The molecular formula is C24H29N3O3. The van der Waals surface area contributed by atoms with Gasteiger partial charge < -0.3 is 9.64 Å². The number of nitrogens with one attached hydrogen (secondary N) is 1. The minimum absolute atomic E-state index is 0.0107. The van der Waals surface area contributed by atoms with E-state index in [1.165, 1.54) is 18.2 Å². The smallest absolute Gasteiger partial charge is 0.327 e. The summed E-state index contributed by atoms with van der Waals surface area (Å²) in [6.07, 6.45) is 2.40. The molecule has 2 heterocycles. The molecular weight excluding hydrogens is 378 g/mol. The molecule has 2 aliphatic heterocycles. The van der Waals surface area contributed by atoms with Gasteiger partial charge >= 0.3 is 5.97 Å². The first-order chi connectivity index (χ1) is 14.6. The van der Waals surface area contributed by atoms with E-state index >= 15 is 0 Å². The molecule has 1 amide bonds. The standard InChI is InChI=1S/C24H29N3O3/c1-30-23(29)24(13-7-14-26(18-24)17-19-8-3-2-4-9-19)25-16-22(28)27-15-12-20-10-5-6-11-21(20)27/h2-6,8-11,25H,7,12-18H2,1H3/t24-/m0/s1. The lowest BCUT2D eigenvalue weighted by Gasteiger charge is -2.41. The molecule has 0 aromatic heterocycles. The highest BCUT2D eigenvalue weighted by Gasteiger charge is 2.43. The number of fused-ring (bicyclic) bond motifs is 1. The number of piperidine rings is 1. The first kappa shape index (κ1) is 20.6. The average molecular weight is 408 g/mol. The zero-order chi connectivity index (χ0) is 21.0. The Morgan fingerprint density at radius 3 is 2.63 bits per heavy atom. The number of methoxy groups -OCH3 is 1. The van der Waals surface area contributed by atoms with Crippen molar-refractivity contribution >= 4 is 17.6 Å². The van der Waals surface area contributed by atoms with Crippen molar-refractivity contribution in [2.75, 3.05) is 38.2 Å². The SMILES string of the molecule is COC(=O)[C@]1(NCC(=O)N2CCc3ccccc32)CCCN(Cc2ccccc2)C1. The second-order valence-electron chi connectivity index (χ2n) is 8.15. The Labute approximate surface area is 177 Å². The third-order valence-electron chi connectivity index (χ3n) is 6.16. The lowest BCUT2D eigenvalue weighted by molar-refractivity contribution is -0.151. The fraction of sp³-hybridized carbons (Fsp3) is 0.417. The Hall–Kier alpha value is -2.70. The third-order valence-corrected chi connectivity index (χ3v) is 6.16. The fourth-order valence-corrected chi connectivity index (χ4v) is 4.64. The molecule has 2 aliphatic rings. The molecule has 0 spiro atoms. The molecule has 0 radical (unpaired) electrons. The molecule has 2 aromatic rings. The third kappa shape index (κ3) is 4.25. The van der Waals surface area contributed by atoms with E-state index in [2.05, 4.69) is 28.4 Å². The van der Waals surface area contributed by atoms with Gasteiger partial charge in [-0.25, -0.2) is 0 Å². The van der Waals surface area contributed by atoms with E-state index in [4.69, 9.17) is 4.74 Å². The molecule has 4 rings (SSSR count). The number of esters is 1. The topological polar surface area (TPSA) is 61.9 Å². The normalized spacial score (nSPS) is 21.3. The van der Waals surface area contributed by atoms with Gasteiger partial charge in [0.2, 0.25) is 5.91 Å². The monoisotopic (exact) mass is 407 g/mol. The molecule has 6 heteroatoms. The molecule has 158 valence electrons. The lowest BCUT2D eigenvalue weighted by Crippen LogP contribution is -2.63. The van der Waals surface area contributed by atoms with Crippen molar-refractivity contribution < 1.29 is 14.3 Å². The van der Waals surface area contributed by atoms with Crippen molar-refractivity contribution in [3.63, 3.8) is 0 Å². The number of anilines is 1. The van der Waals surface area contributed by atoms with E-state index in [1.54, 1.807) is 0 Å². The van der Waals surface area contributed by atoms with E-state index in [0.717, 1.165) is 31.6 Å². The van der Waals surface area contributed by atoms with Gasteiger partial charge in [0.1, 0.15) is 5.54 Å². The fourth-order valence-electron chi connectivity index (χ4n) is 4.64. The maximum Gasteiger partial charge on any atom is 0.327 e. The summed E-state index contributed by atoms with van der Waals surface area (Å²) < 4.78 is 5.15. The molecule has 0 unspecified atom stereocenters. The molecule has 0 aliphatic carbocycles. The molecule has 2 aromatic carbocycles. The average Bonchev–Trinajstić information content (AvgIpc) is 3.22. The van der Waals surface area contributed by atoms with Crippen LogP contribution in [0.4, 0.5) is 5.69 Å². The highest BCUT2D eigenvalue weighted by Crippen LogP contribution is 2.28. The largest absolute Gasteiger partial charge is 0.468 e. The summed E-state index contributed by atoms with van der Waals surface area (Å²) in [5.41, 5.74) is 2.52. The Morgan fingerprint density at radius 2 is 1.83 bits per heavy atom. The van der Waals surface area contributed by atoms with E-state index < -0.39 is 5.54 Å². The van der Waals surface area contributed by atoms with E-state index in [9.17, 15) is 9.59 Å². The van der Waals surface area contributed by atoms with Crippen molar-refractivity contribution in [3.8, 4) is 0 Å². The van der Waals surface area contributed by atoms with Crippen LogP contribution in [0.1, 0.15) is 24.0 Å². The highest BCUT2D eigenvalue weighted by atomic mass is 16.5. The predicted molar refractivity (Wildman–Crippen MR) is 116 cm³/mol. The lowest BCUT2D eigenvalue weighted by atomic mass is 9.88. The van der Waals surface area contributed by atoms with Gasteiger partial charge in [0.05, 0.1) is 13.7 Å². The summed E-state index contributed by atoms with van der Waals surface area (Å²) >= 11 is 0. The quantitative estimate of drug-likeness (QED) is 0.745. The van der Waals surface area contributed by atoms with E-state index in [0.29, 0.717) is 19.5 Å². The summed E-state index contributed by atoms with van der Waals surface area (Å²) in [5, 5.41) is 3.30. The summed E-state index contributed by atoms with van der Waals surface area (Å²) in [4.78, 5) is 29.8. The number of amides is 1. The van der Waals surface area contributed by atoms with Crippen LogP contribution < -0.4 is 10.2 Å². The van der Waals surface area contributed by atoms with Crippen molar-refractivity contribution in [3.05, 3.63) is 65.7 Å². The van der Waals surface area contributed by atoms with Crippen molar-refractivity contribution in [2.45, 2.75) is 31.3 Å². The number of carbonyl (C=O) groups is 2. The Morgan fingerprint density at radius 1 is 1.07 bits per heavy atom. The van der Waals surface area contributed by atoms with E-state index in [-0.39, 0.29) is 18.4 Å². The number of rotatable bonds is 6. The molecule has 1 saturated heterocycles. The van der Waals surface area contributed by atoms with Crippen LogP contribution in [-0.4, -0.2) is 55.6 Å². The van der Waals surface area contributed by atoms with Crippen LogP contribution in [0.2, 0.25) is 0 Å². The number of para-hydroxylation sites is 1. The van der Waals surface area contributed by atoms with Gasteiger partial charge in [-0.2, -0.15) is 0 Å². The highest BCUT2D eigenvalue weighted by molar-refractivity contribution is 5.97. The van der Waals surface area contributed by atoms with Crippen molar-refractivity contribution in [2.24, 2.45) is 0 Å². The first-order valence-corrected chi connectivity index (χ1v) is 10.6. The summed E-state index contributed by atoms with van der Waals surface area (Å²) in [7, 11) is 1.42. The Bertz CT molecular complexity index is 902. The van der Waals surface area contributed by atoms with Crippen LogP contribution in [0.15, 0.2) is 54.6 Å². The van der Waals surface area contributed by atoms with Gasteiger partial charge in [-0.1, -0.05) is 48.5 Å². The molecule has 30 heavy (non-hydrogen) atoms. The minimum atomic E-state index is -0.864. The molecule has 1 fully saturated rings. The number of ether oxygens (including phenoxy) is 1. The molecule has 1 N–H and O–H groups in total. The van der Waals surface area contributed by atoms with Crippen LogP contribution in [-0.2, 0) is 27.3 Å². The second-order valence-corrected chi connectivity index (χ2v) is 8.15. The summed E-state index contributed by atoms with van der Waals surface area (Å²) in [6, 6.07) is 18.2. The number of nitrogens with zero attached hydrogens (tertiary/aromatic N) is 2.